The van der Waals surface area contributed by atoms with Gasteiger partial charge >= 0.3 is 17.9 Å². The molecular weight excluding hydrogens is 330 g/mol. The molecule has 1 unspecified atom stereocenters. The van der Waals surface area contributed by atoms with E-state index in [4.69, 9.17) is 14.3 Å². The van der Waals surface area contributed by atoms with Crippen molar-refractivity contribution in [1.82, 2.24) is 0 Å². The summed E-state index contributed by atoms with van der Waals surface area (Å²) in [6, 6.07) is 6.12. The lowest BCUT2D eigenvalue weighted by Crippen LogP contribution is -2.46. The summed E-state index contributed by atoms with van der Waals surface area (Å²) in [7, 11) is 1.27. The van der Waals surface area contributed by atoms with Gasteiger partial charge in [0.2, 0.25) is 5.41 Å². The van der Waals surface area contributed by atoms with Gasteiger partial charge in [0.25, 0.3) is 0 Å². The predicted molar refractivity (Wildman–Crippen MR) is 85.8 cm³/mol. The fraction of sp³-hybridized carbons (Fsp3) is 0.412. The van der Waals surface area contributed by atoms with Gasteiger partial charge in [0.05, 0.1) is 32.1 Å². The van der Waals surface area contributed by atoms with E-state index in [1.165, 1.54) is 19.2 Å². The zero-order chi connectivity index (χ0) is 18.4. The molecule has 0 spiro atoms. The molecule has 8 nitrogen and oxygen atoms in total. The maximum absolute atomic E-state index is 12.5. The van der Waals surface area contributed by atoms with Crippen LogP contribution in [0.5, 0.6) is 0 Å². The van der Waals surface area contributed by atoms with Crippen molar-refractivity contribution in [1.29, 1.82) is 0 Å². The van der Waals surface area contributed by atoms with Gasteiger partial charge < -0.3 is 19.0 Å². The Kier molecular flexibility index (Phi) is 5.74. The number of carbonyl (C=O) groups is 3. The van der Waals surface area contributed by atoms with Gasteiger partial charge in [0.15, 0.2) is 6.10 Å². The van der Waals surface area contributed by atoms with Gasteiger partial charge in [0.1, 0.15) is 0 Å². The van der Waals surface area contributed by atoms with Crippen LogP contribution in [0.25, 0.3) is 0 Å². The van der Waals surface area contributed by atoms with Gasteiger partial charge in [-0.05, 0) is 31.5 Å². The lowest BCUT2D eigenvalue weighted by atomic mass is 9.80. The number of hydrogen-bond donors (Lipinski definition) is 0. The van der Waals surface area contributed by atoms with E-state index in [1.807, 2.05) is 0 Å². The largest absolute Gasteiger partial charge is 0.465 e. The molecule has 0 saturated carbocycles. The van der Waals surface area contributed by atoms with Crippen LogP contribution < -0.4 is 0 Å². The van der Waals surface area contributed by atoms with Crippen LogP contribution in [0.3, 0.4) is 0 Å². The van der Waals surface area contributed by atoms with E-state index in [0.717, 1.165) is 6.21 Å². The Labute approximate surface area is 144 Å². The van der Waals surface area contributed by atoms with E-state index in [9.17, 15) is 14.4 Å². The van der Waals surface area contributed by atoms with E-state index in [1.54, 1.807) is 26.0 Å². The second-order valence-corrected chi connectivity index (χ2v) is 5.14. The van der Waals surface area contributed by atoms with Crippen molar-refractivity contribution < 1.29 is 33.4 Å². The Bertz CT molecular complexity index is 663. The molecule has 0 N–H and O–H groups in total. The molecule has 0 amide bonds. The van der Waals surface area contributed by atoms with E-state index >= 15 is 0 Å². The summed E-state index contributed by atoms with van der Waals surface area (Å²) in [4.78, 5) is 41.8. The summed E-state index contributed by atoms with van der Waals surface area (Å²) in [5.41, 5.74) is -1.05. The minimum absolute atomic E-state index is 0.0851. The van der Waals surface area contributed by atoms with Crippen molar-refractivity contribution >= 4 is 24.1 Å². The van der Waals surface area contributed by atoms with Crippen molar-refractivity contribution in [2.24, 2.45) is 10.6 Å². The summed E-state index contributed by atoms with van der Waals surface area (Å²) in [6.07, 6.45) is 0.0410. The van der Waals surface area contributed by atoms with Crippen LogP contribution >= 0.6 is 0 Å². The van der Waals surface area contributed by atoms with Crippen molar-refractivity contribution in [2.45, 2.75) is 20.0 Å². The molecule has 0 bridgehead atoms. The van der Waals surface area contributed by atoms with Crippen molar-refractivity contribution in [3.63, 3.8) is 0 Å². The molecule has 1 aromatic rings. The SMILES string of the molecule is CCOC(=O)C1(C(=O)OCC)C=NOC1c1ccc(C(=O)OC)cc1. The maximum Gasteiger partial charge on any atom is 0.337 e. The first-order chi connectivity index (χ1) is 12.0. The molecule has 8 heteroatoms. The van der Waals surface area contributed by atoms with Crippen LogP contribution in [0.4, 0.5) is 0 Å². The molecule has 1 atom stereocenters. The van der Waals surface area contributed by atoms with Gasteiger partial charge in [0, 0.05) is 0 Å². The number of methoxy groups -OCH3 is 1. The molecule has 0 saturated heterocycles. The molecule has 0 fully saturated rings. The number of oxime groups is 1. The first-order valence-corrected chi connectivity index (χ1v) is 7.74. The number of esters is 3. The smallest absolute Gasteiger partial charge is 0.337 e. The van der Waals surface area contributed by atoms with Crippen LogP contribution in [-0.4, -0.2) is 44.4 Å². The highest BCUT2D eigenvalue weighted by atomic mass is 16.7. The molecule has 1 heterocycles. The summed E-state index contributed by atoms with van der Waals surface area (Å²) in [5.74, 6) is -2.12. The number of ether oxygens (including phenoxy) is 3. The van der Waals surface area contributed by atoms with Gasteiger partial charge in [-0.2, -0.15) is 0 Å². The highest BCUT2D eigenvalue weighted by Gasteiger charge is 2.59. The van der Waals surface area contributed by atoms with Gasteiger partial charge in [-0.1, -0.05) is 17.3 Å². The van der Waals surface area contributed by atoms with Crippen LogP contribution in [0, 0.1) is 5.41 Å². The Morgan fingerprint density at radius 3 is 2.12 bits per heavy atom. The molecule has 0 radical (unpaired) electrons. The minimum Gasteiger partial charge on any atom is -0.465 e. The van der Waals surface area contributed by atoms with Crippen molar-refractivity contribution in [3.05, 3.63) is 35.4 Å². The quantitative estimate of drug-likeness (QED) is 0.437. The number of rotatable bonds is 6. The highest BCUT2D eigenvalue weighted by molar-refractivity contribution is 6.16. The Hall–Kier alpha value is -2.90. The molecule has 2 rings (SSSR count). The molecule has 0 aromatic heterocycles. The lowest BCUT2D eigenvalue weighted by Gasteiger charge is -2.27. The standard InChI is InChI=1S/C17H19NO7/c1-4-23-15(20)17(16(21)24-5-2)10-18-25-13(17)11-6-8-12(9-7-11)14(19)22-3/h6-10,13H,4-5H2,1-3H3. The number of carbonyl (C=O) groups excluding carboxylic acids is 3. The van der Waals surface area contributed by atoms with Crippen molar-refractivity contribution in [3.8, 4) is 0 Å². The number of nitrogens with zero attached hydrogens (tertiary/aromatic N) is 1. The second-order valence-electron chi connectivity index (χ2n) is 5.14. The van der Waals surface area contributed by atoms with E-state index in [-0.39, 0.29) is 13.2 Å². The summed E-state index contributed by atoms with van der Waals surface area (Å²) in [6.45, 7) is 3.43. The third kappa shape index (κ3) is 3.33. The fourth-order valence-electron chi connectivity index (χ4n) is 2.46. The molecule has 1 aromatic carbocycles. The normalized spacial score (nSPS) is 17.5. The molecular formula is C17H19NO7. The average molecular weight is 349 g/mol. The second kappa shape index (κ2) is 7.78. The maximum atomic E-state index is 12.5. The molecule has 1 aliphatic rings. The summed E-state index contributed by atoms with van der Waals surface area (Å²) >= 11 is 0. The van der Waals surface area contributed by atoms with Crippen LogP contribution in [0.2, 0.25) is 0 Å². The molecule has 134 valence electrons. The van der Waals surface area contributed by atoms with Crippen LogP contribution in [0.15, 0.2) is 29.4 Å². The number of hydrogen-bond acceptors (Lipinski definition) is 8. The van der Waals surface area contributed by atoms with Crippen molar-refractivity contribution in [2.75, 3.05) is 20.3 Å². The van der Waals surface area contributed by atoms with Crippen LogP contribution in [0.1, 0.15) is 35.9 Å². The zero-order valence-electron chi connectivity index (χ0n) is 14.2. The molecule has 1 aliphatic heterocycles. The van der Waals surface area contributed by atoms with Crippen LogP contribution in [-0.2, 0) is 28.6 Å². The monoisotopic (exact) mass is 349 g/mol. The third-order valence-corrected chi connectivity index (χ3v) is 3.70. The van der Waals surface area contributed by atoms with Gasteiger partial charge in [-0.25, -0.2) is 4.79 Å². The van der Waals surface area contributed by atoms with Gasteiger partial charge in [-0.15, -0.1) is 0 Å². The number of benzene rings is 1. The Morgan fingerprint density at radius 1 is 1.08 bits per heavy atom. The Balaban J connectivity index is 2.42. The molecule has 25 heavy (non-hydrogen) atoms. The average Bonchev–Trinajstić information content (AvgIpc) is 3.07. The van der Waals surface area contributed by atoms with E-state index in [2.05, 4.69) is 9.89 Å². The lowest BCUT2D eigenvalue weighted by molar-refractivity contribution is -0.173. The zero-order valence-corrected chi connectivity index (χ0v) is 14.2. The highest BCUT2D eigenvalue weighted by Crippen LogP contribution is 2.42. The fourth-order valence-corrected chi connectivity index (χ4v) is 2.46. The van der Waals surface area contributed by atoms with E-state index < -0.39 is 29.4 Å². The van der Waals surface area contributed by atoms with E-state index in [0.29, 0.717) is 11.1 Å². The third-order valence-electron chi connectivity index (χ3n) is 3.70. The molecule has 0 aliphatic carbocycles. The summed E-state index contributed by atoms with van der Waals surface area (Å²) < 4.78 is 14.7. The first kappa shape index (κ1) is 18.4. The minimum atomic E-state index is -1.83. The Morgan fingerprint density at radius 2 is 1.64 bits per heavy atom. The predicted octanol–water partition coefficient (Wildman–Crippen LogP) is 1.64. The van der Waals surface area contributed by atoms with Gasteiger partial charge in [-0.3, -0.25) is 9.59 Å². The first-order valence-electron chi connectivity index (χ1n) is 7.74. The topological polar surface area (TPSA) is 100 Å². The summed E-state index contributed by atoms with van der Waals surface area (Å²) in [5, 5.41) is 3.66.